The molecule has 1 rings (SSSR count). The lowest BCUT2D eigenvalue weighted by Crippen LogP contribution is -2.21. The molecule has 0 atom stereocenters. The van der Waals surface area contributed by atoms with E-state index in [0.29, 0.717) is 10.0 Å². The quantitative estimate of drug-likeness (QED) is 0.916. The fraction of sp³-hybridized carbons (Fsp3) is 0.250. The molecular weight excluding hydrogens is 273 g/mol. The Bertz CT molecular complexity index is 433. The molecule has 0 fully saturated rings. The number of nitrogens with one attached hydrogen (secondary N) is 1. The predicted molar refractivity (Wildman–Crippen MR) is 55.8 cm³/mol. The first-order chi connectivity index (χ1) is 6.38. The van der Waals surface area contributed by atoms with E-state index in [4.69, 9.17) is 0 Å². The first kappa shape index (κ1) is 11.6. The van der Waals surface area contributed by atoms with Crippen molar-refractivity contribution in [1.82, 2.24) is 4.72 Å². The molecule has 1 aromatic carbocycles. The Kier molecular flexibility index (Phi) is 3.63. The molecule has 0 saturated heterocycles. The van der Waals surface area contributed by atoms with Gasteiger partial charge in [-0.1, -0.05) is 22.0 Å². The molecule has 78 valence electrons. The Morgan fingerprint density at radius 2 is 2.14 bits per heavy atom. The summed E-state index contributed by atoms with van der Waals surface area (Å²) in [7, 11) is -3.21. The number of hydrogen-bond acceptors (Lipinski definition) is 2. The van der Waals surface area contributed by atoms with Crippen molar-refractivity contribution in [3.63, 3.8) is 0 Å². The second-order valence-corrected chi connectivity index (χ2v) is 5.52. The molecule has 0 aliphatic heterocycles. The van der Waals surface area contributed by atoms with Crippen LogP contribution in [0.3, 0.4) is 0 Å². The number of halogens is 2. The van der Waals surface area contributed by atoms with Gasteiger partial charge in [0.1, 0.15) is 5.82 Å². The molecule has 0 aromatic heterocycles. The minimum atomic E-state index is -3.21. The van der Waals surface area contributed by atoms with E-state index in [-0.39, 0.29) is 12.4 Å². The largest absolute Gasteiger partial charge is 0.213 e. The Morgan fingerprint density at radius 3 is 2.64 bits per heavy atom. The van der Waals surface area contributed by atoms with Crippen molar-refractivity contribution >= 4 is 26.0 Å². The van der Waals surface area contributed by atoms with Gasteiger partial charge in [-0.2, -0.15) is 0 Å². The summed E-state index contributed by atoms with van der Waals surface area (Å²) in [5, 5.41) is 0. The van der Waals surface area contributed by atoms with Gasteiger partial charge >= 0.3 is 0 Å². The van der Waals surface area contributed by atoms with Crippen molar-refractivity contribution in [3.05, 3.63) is 34.1 Å². The van der Waals surface area contributed by atoms with Crippen molar-refractivity contribution in [1.29, 1.82) is 0 Å². The van der Waals surface area contributed by atoms with Crippen LogP contribution < -0.4 is 4.72 Å². The molecule has 14 heavy (non-hydrogen) atoms. The van der Waals surface area contributed by atoms with Crippen molar-refractivity contribution in [3.8, 4) is 0 Å². The molecule has 0 radical (unpaired) electrons. The normalized spacial score (nSPS) is 11.6. The van der Waals surface area contributed by atoms with Crippen LogP contribution in [0.25, 0.3) is 0 Å². The lowest BCUT2D eigenvalue weighted by atomic mass is 10.2. The van der Waals surface area contributed by atoms with E-state index in [1.807, 2.05) is 0 Å². The molecule has 0 unspecified atom stereocenters. The van der Waals surface area contributed by atoms with Gasteiger partial charge in [0.15, 0.2) is 0 Å². The lowest BCUT2D eigenvalue weighted by Gasteiger charge is -2.04. The minimum absolute atomic E-state index is 0.152. The summed E-state index contributed by atoms with van der Waals surface area (Å²) in [6, 6.07) is 4.10. The highest BCUT2D eigenvalue weighted by atomic mass is 79.9. The maximum absolute atomic E-state index is 12.7. The van der Waals surface area contributed by atoms with E-state index >= 15 is 0 Å². The van der Waals surface area contributed by atoms with Crippen LogP contribution in [0, 0.1) is 5.82 Å². The number of hydrogen-bond donors (Lipinski definition) is 1. The zero-order chi connectivity index (χ0) is 10.8. The summed E-state index contributed by atoms with van der Waals surface area (Å²) in [6.45, 7) is 0.152. The average Bonchev–Trinajstić information content (AvgIpc) is 2.00. The maximum atomic E-state index is 12.7. The molecule has 0 amide bonds. The highest BCUT2D eigenvalue weighted by Crippen LogP contribution is 2.17. The summed E-state index contributed by atoms with van der Waals surface area (Å²) in [5.41, 5.74) is 0.692. The molecule has 3 nitrogen and oxygen atoms in total. The van der Waals surface area contributed by atoms with E-state index in [0.717, 1.165) is 6.26 Å². The molecule has 0 saturated carbocycles. The van der Waals surface area contributed by atoms with Crippen LogP contribution in [0.2, 0.25) is 0 Å². The van der Waals surface area contributed by atoms with E-state index in [1.165, 1.54) is 18.2 Å². The van der Waals surface area contributed by atoms with Crippen LogP contribution in [0.15, 0.2) is 22.7 Å². The summed E-state index contributed by atoms with van der Waals surface area (Å²) < 4.78 is 37.1. The third kappa shape index (κ3) is 3.73. The van der Waals surface area contributed by atoms with Crippen molar-refractivity contribution < 1.29 is 12.8 Å². The van der Waals surface area contributed by atoms with Gasteiger partial charge in [-0.25, -0.2) is 17.5 Å². The van der Waals surface area contributed by atoms with Crippen molar-refractivity contribution in [2.75, 3.05) is 6.26 Å². The van der Waals surface area contributed by atoms with E-state index in [1.54, 1.807) is 0 Å². The minimum Gasteiger partial charge on any atom is -0.213 e. The highest BCUT2D eigenvalue weighted by Gasteiger charge is 2.04. The smallest absolute Gasteiger partial charge is 0.209 e. The SMILES string of the molecule is CS(=O)(=O)NCc1ccc(F)cc1Br. The first-order valence-corrected chi connectivity index (χ1v) is 6.45. The molecule has 0 spiro atoms. The summed E-state index contributed by atoms with van der Waals surface area (Å²) in [5.74, 6) is -0.361. The van der Waals surface area contributed by atoms with Crippen LogP contribution in [-0.2, 0) is 16.6 Å². The van der Waals surface area contributed by atoms with Crippen molar-refractivity contribution in [2.24, 2.45) is 0 Å². The molecular formula is C8H9BrFNO2S. The zero-order valence-electron chi connectivity index (χ0n) is 7.42. The average molecular weight is 282 g/mol. The van der Waals surface area contributed by atoms with Gasteiger partial charge in [0.25, 0.3) is 0 Å². The van der Waals surface area contributed by atoms with Crippen LogP contribution in [-0.4, -0.2) is 14.7 Å². The van der Waals surface area contributed by atoms with Gasteiger partial charge in [0.2, 0.25) is 10.0 Å². The Morgan fingerprint density at radius 1 is 1.50 bits per heavy atom. The van der Waals surface area contributed by atoms with E-state index in [9.17, 15) is 12.8 Å². The van der Waals surface area contributed by atoms with Crippen LogP contribution in [0.1, 0.15) is 5.56 Å². The summed E-state index contributed by atoms with van der Waals surface area (Å²) in [4.78, 5) is 0. The molecule has 1 N–H and O–H groups in total. The second-order valence-electron chi connectivity index (χ2n) is 2.83. The lowest BCUT2D eigenvalue weighted by molar-refractivity contribution is 0.587. The van der Waals surface area contributed by atoms with Crippen LogP contribution >= 0.6 is 15.9 Å². The topological polar surface area (TPSA) is 46.2 Å². The molecule has 6 heteroatoms. The molecule has 0 heterocycles. The molecule has 0 aliphatic rings. The van der Waals surface area contributed by atoms with Gasteiger partial charge < -0.3 is 0 Å². The van der Waals surface area contributed by atoms with Crippen LogP contribution in [0.4, 0.5) is 4.39 Å². The number of benzene rings is 1. The molecule has 0 bridgehead atoms. The van der Waals surface area contributed by atoms with Gasteiger partial charge in [-0.15, -0.1) is 0 Å². The Hall–Kier alpha value is -0.460. The zero-order valence-corrected chi connectivity index (χ0v) is 9.82. The van der Waals surface area contributed by atoms with Crippen molar-refractivity contribution in [2.45, 2.75) is 6.54 Å². The number of rotatable bonds is 3. The first-order valence-electron chi connectivity index (χ1n) is 3.77. The summed E-state index contributed by atoms with van der Waals surface area (Å²) >= 11 is 3.14. The van der Waals surface area contributed by atoms with Gasteiger partial charge in [0.05, 0.1) is 6.26 Å². The maximum Gasteiger partial charge on any atom is 0.209 e. The van der Waals surface area contributed by atoms with E-state index < -0.39 is 10.0 Å². The Balaban J connectivity index is 2.78. The Labute approximate surface area is 90.5 Å². The van der Waals surface area contributed by atoms with Gasteiger partial charge in [0, 0.05) is 11.0 Å². The third-order valence-electron chi connectivity index (χ3n) is 1.54. The highest BCUT2D eigenvalue weighted by molar-refractivity contribution is 9.10. The monoisotopic (exact) mass is 281 g/mol. The molecule has 1 aromatic rings. The number of sulfonamides is 1. The van der Waals surface area contributed by atoms with Crippen LogP contribution in [0.5, 0.6) is 0 Å². The van der Waals surface area contributed by atoms with Gasteiger partial charge in [-0.05, 0) is 17.7 Å². The second kappa shape index (κ2) is 4.37. The summed E-state index contributed by atoms with van der Waals surface area (Å²) in [6.07, 6.45) is 1.07. The third-order valence-corrected chi connectivity index (χ3v) is 2.95. The predicted octanol–water partition coefficient (Wildman–Crippen LogP) is 1.64. The molecule has 0 aliphatic carbocycles. The standard InChI is InChI=1S/C8H9BrFNO2S/c1-14(12,13)11-5-6-2-3-7(10)4-8(6)9/h2-4,11H,5H2,1H3. The fourth-order valence-electron chi connectivity index (χ4n) is 0.874. The van der Waals surface area contributed by atoms with Gasteiger partial charge in [-0.3, -0.25) is 0 Å². The fourth-order valence-corrected chi connectivity index (χ4v) is 1.78. The van der Waals surface area contributed by atoms with E-state index in [2.05, 4.69) is 20.7 Å².